The Labute approximate surface area is 95.2 Å². The Kier molecular flexibility index (Phi) is 8.76. The van der Waals surface area contributed by atoms with E-state index < -0.39 is 18.2 Å². The van der Waals surface area contributed by atoms with Crippen LogP contribution in [0, 0.1) is 0 Å². The SMILES string of the molecule is CCCCOC(=O)C[C@H](O)C[C@H](O)CCl. The fraction of sp³-hybridized carbons (Fsp3) is 0.900. The molecule has 90 valence electrons. The van der Waals surface area contributed by atoms with Gasteiger partial charge in [-0.15, -0.1) is 11.6 Å². The van der Waals surface area contributed by atoms with Crippen LogP contribution in [0.4, 0.5) is 0 Å². The summed E-state index contributed by atoms with van der Waals surface area (Å²) >= 11 is 5.36. The zero-order chi connectivity index (χ0) is 11.7. The van der Waals surface area contributed by atoms with E-state index in [0.717, 1.165) is 12.8 Å². The highest BCUT2D eigenvalue weighted by atomic mass is 35.5. The molecule has 0 aromatic carbocycles. The Balaban J connectivity index is 3.57. The minimum absolute atomic E-state index is 0.0575. The molecule has 0 amide bonds. The van der Waals surface area contributed by atoms with Gasteiger partial charge in [0.05, 0.1) is 25.2 Å². The van der Waals surface area contributed by atoms with E-state index in [0.29, 0.717) is 6.61 Å². The maximum absolute atomic E-state index is 11.1. The van der Waals surface area contributed by atoms with Crippen LogP contribution in [0.1, 0.15) is 32.6 Å². The van der Waals surface area contributed by atoms with Crippen molar-refractivity contribution in [3.63, 3.8) is 0 Å². The van der Waals surface area contributed by atoms with Crippen LogP contribution >= 0.6 is 11.6 Å². The molecule has 5 heteroatoms. The first-order valence-corrected chi connectivity index (χ1v) is 5.71. The van der Waals surface area contributed by atoms with Gasteiger partial charge >= 0.3 is 5.97 Å². The highest BCUT2D eigenvalue weighted by Crippen LogP contribution is 2.05. The highest BCUT2D eigenvalue weighted by Gasteiger charge is 2.15. The number of ether oxygens (including phenoxy) is 1. The highest BCUT2D eigenvalue weighted by molar-refractivity contribution is 6.18. The lowest BCUT2D eigenvalue weighted by molar-refractivity contribution is -0.146. The van der Waals surface area contributed by atoms with Crippen molar-refractivity contribution >= 4 is 17.6 Å². The Hall–Kier alpha value is -0.320. The van der Waals surface area contributed by atoms with Crippen LogP contribution in [0.15, 0.2) is 0 Å². The van der Waals surface area contributed by atoms with E-state index in [1.807, 2.05) is 6.92 Å². The summed E-state index contributed by atoms with van der Waals surface area (Å²) in [6, 6.07) is 0. The van der Waals surface area contributed by atoms with Crippen molar-refractivity contribution in [2.45, 2.75) is 44.8 Å². The quantitative estimate of drug-likeness (QED) is 0.377. The number of alkyl halides is 1. The normalized spacial score (nSPS) is 14.7. The predicted molar refractivity (Wildman–Crippen MR) is 57.8 cm³/mol. The predicted octanol–water partition coefficient (Wildman–Crippen LogP) is 1.07. The van der Waals surface area contributed by atoms with Crippen molar-refractivity contribution in [2.24, 2.45) is 0 Å². The molecule has 0 heterocycles. The van der Waals surface area contributed by atoms with Gasteiger partial charge in [0, 0.05) is 12.3 Å². The van der Waals surface area contributed by atoms with E-state index in [9.17, 15) is 9.90 Å². The monoisotopic (exact) mass is 238 g/mol. The van der Waals surface area contributed by atoms with E-state index >= 15 is 0 Å². The lowest BCUT2D eigenvalue weighted by Gasteiger charge is -2.12. The molecule has 0 fully saturated rings. The molecule has 2 N–H and O–H groups in total. The van der Waals surface area contributed by atoms with Crippen molar-refractivity contribution < 1.29 is 19.7 Å². The van der Waals surface area contributed by atoms with Crippen LogP contribution in [0.25, 0.3) is 0 Å². The first-order chi connectivity index (χ1) is 7.10. The minimum Gasteiger partial charge on any atom is -0.466 e. The van der Waals surface area contributed by atoms with E-state index in [-0.39, 0.29) is 18.7 Å². The van der Waals surface area contributed by atoms with Gasteiger partial charge in [0.2, 0.25) is 0 Å². The van der Waals surface area contributed by atoms with Gasteiger partial charge in [-0.05, 0) is 6.42 Å². The van der Waals surface area contributed by atoms with Crippen molar-refractivity contribution in [3.8, 4) is 0 Å². The molecule has 2 atom stereocenters. The molecule has 0 radical (unpaired) electrons. The van der Waals surface area contributed by atoms with Crippen LogP contribution < -0.4 is 0 Å². The van der Waals surface area contributed by atoms with Crippen molar-refractivity contribution in [2.75, 3.05) is 12.5 Å². The fourth-order valence-electron chi connectivity index (χ4n) is 1.04. The summed E-state index contributed by atoms with van der Waals surface area (Å²) in [5.41, 5.74) is 0. The Bertz CT molecular complexity index is 175. The van der Waals surface area contributed by atoms with E-state index in [4.69, 9.17) is 21.4 Å². The van der Waals surface area contributed by atoms with Gasteiger partial charge in [0.1, 0.15) is 0 Å². The molecule has 0 bridgehead atoms. The number of carbonyl (C=O) groups is 1. The summed E-state index contributed by atoms with van der Waals surface area (Å²) in [7, 11) is 0. The number of aliphatic hydroxyl groups is 2. The molecule has 0 saturated heterocycles. The molecule has 0 aromatic rings. The van der Waals surface area contributed by atoms with Gasteiger partial charge in [-0.3, -0.25) is 4.79 Å². The van der Waals surface area contributed by atoms with Crippen molar-refractivity contribution in [3.05, 3.63) is 0 Å². The molecule has 0 aromatic heterocycles. The number of unbranched alkanes of at least 4 members (excludes halogenated alkanes) is 1. The van der Waals surface area contributed by atoms with Crippen molar-refractivity contribution in [1.82, 2.24) is 0 Å². The van der Waals surface area contributed by atoms with Gasteiger partial charge in [-0.1, -0.05) is 13.3 Å². The molecule has 0 unspecified atom stereocenters. The molecule has 0 aliphatic carbocycles. The fourth-order valence-corrected chi connectivity index (χ4v) is 1.17. The first-order valence-electron chi connectivity index (χ1n) is 5.17. The maximum Gasteiger partial charge on any atom is 0.308 e. The maximum atomic E-state index is 11.1. The summed E-state index contributed by atoms with van der Waals surface area (Å²) in [6.45, 7) is 2.39. The lowest BCUT2D eigenvalue weighted by atomic mass is 10.1. The third kappa shape index (κ3) is 8.66. The number of halogens is 1. The largest absolute Gasteiger partial charge is 0.466 e. The lowest BCUT2D eigenvalue weighted by Crippen LogP contribution is -2.22. The number of carbonyl (C=O) groups excluding carboxylic acids is 1. The third-order valence-corrected chi connectivity index (χ3v) is 2.24. The van der Waals surface area contributed by atoms with Gasteiger partial charge in [-0.25, -0.2) is 0 Å². The van der Waals surface area contributed by atoms with E-state index in [2.05, 4.69) is 0 Å². The second-order valence-electron chi connectivity index (χ2n) is 3.48. The molecule has 0 rings (SSSR count). The molecule has 0 saturated carbocycles. The van der Waals surface area contributed by atoms with Crippen LogP contribution in [0.2, 0.25) is 0 Å². The standard InChI is InChI=1S/C10H19ClO4/c1-2-3-4-15-10(14)6-8(12)5-9(13)7-11/h8-9,12-13H,2-7H2,1H3/t8-,9+/m1/s1. The zero-order valence-electron chi connectivity index (χ0n) is 8.99. The van der Waals surface area contributed by atoms with Crippen LogP contribution in [-0.4, -0.2) is 40.9 Å². The summed E-state index contributed by atoms with van der Waals surface area (Å²) < 4.78 is 4.85. The number of esters is 1. The molecule has 0 spiro atoms. The summed E-state index contributed by atoms with van der Waals surface area (Å²) in [6.07, 6.45) is 0.148. The van der Waals surface area contributed by atoms with Gasteiger partial charge in [0.25, 0.3) is 0 Å². The number of rotatable bonds is 8. The van der Waals surface area contributed by atoms with E-state index in [1.54, 1.807) is 0 Å². The molecule has 4 nitrogen and oxygen atoms in total. The van der Waals surface area contributed by atoms with Crippen LogP contribution in [0.3, 0.4) is 0 Å². The average Bonchev–Trinajstić information content (AvgIpc) is 2.17. The molecule has 0 aliphatic heterocycles. The second kappa shape index (κ2) is 8.95. The number of aliphatic hydroxyl groups excluding tert-OH is 2. The Morgan fingerprint density at radius 2 is 2.07 bits per heavy atom. The first kappa shape index (κ1) is 14.7. The van der Waals surface area contributed by atoms with Gasteiger partial charge in [-0.2, -0.15) is 0 Å². The summed E-state index contributed by atoms with van der Waals surface area (Å²) in [4.78, 5) is 11.1. The Morgan fingerprint density at radius 1 is 1.40 bits per heavy atom. The molecular weight excluding hydrogens is 220 g/mol. The minimum atomic E-state index is -0.882. The number of hydrogen-bond donors (Lipinski definition) is 2. The molecule has 15 heavy (non-hydrogen) atoms. The van der Waals surface area contributed by atoms with Gasteiger partial charge in [0.15, 0.2) is 0 Å². The second-order valence-corrected chi connectivity index (χ2v) is 3.78. The summed E-state index contributed by atoms with van der Waals surface area (Å²) in [5.74, 6) is -0.375. The molecule has 0 aliphatic rings. The average molecular weight is 239 g/mol. The topological polar surface area (TPSA) is 66.8 Å². The van der Waals surface area contributed by atoms with Crippen LogP contribution in [-0.2, 0) is 9.53 Å². The van der Waals surface area contributed by atoms with Crippen molar-refractivity contribution in [1.29, 1.82) is 0 Å². The van der Waals surface area contributed by atoms with E-state index in [1.165, 1.54) is 0 Å². The third-order valence-electron chi connectivity index (χ3n) is 1.89. The number of hydrogen-bond acceptors (Lipinski definition) is 4. The molecular formula is C10H19ClO4. The van der Waals surface area contributed by atoms with Gasteiger partial charge < -0.3 is 14.9 Å². The summed E-state index contributed by atoms with van der Waals surface area (Å²) in [5, 5.41) is 18.5. The smallest absolute Gasteiger partial charge is 0.308 e. The Morgan fingerprint density at radius 3 is 2.60 bits per heavy atom. The van der Waals surface area contributed by atoms with Crippen LogP contribution in [0.5, 0.6) is 0 Å². The zero-order valence-corrected chi connectivity index (χ0v) is 9.74.